The number of anilines is 4. The number of hydrogen-bond acceptors (Lipinski definition) is 9. The fourth-order valence-corrected chi connectivity index (χ4v) is 2.77. The lowest BCUT2D eigenvalue weighted by atomic mass is 10.3. The van der Waals surface area contributed by atoms with Crippen LogP contribution >= 0.6 is 23.1 Å². The zero-order valence-electron chi connectivity index (χ0n) is 15.2. The summed E-state index contributed by atoms with van der Waals surface area (Å²) in [7, 11) is 0. The minimum absolute atomic E-state index is 0.299. The molecular formula is C17H15N9O2S2. The lowest BCUT2D eigenvalue weighted by molar-refractivity contribution is 0.261. The number of para-hydroxylation sites is 1. The first-order chi connectivity index (χ1) is 14.7. The van der Waals surface area contributed by atoms with E-state index in [1.54, 1.807) is 24.4 Å². The third-order valence-electron chi connectivity index (χ3n) is 3.13. The van der Waals surface area contributed by atoms with Gasteiger partial charge in [-0.2, -0.15) is 0 Å². The number of carbonyl (C=O) groups is 2. The number of amides is 4. The summed E-state index contributed by atoms with van der Waals surface area (Å²) >= 11 is 2.24. The van der Waals surface area contributed by atoms with Crippen LogP contribution in [0.2, 0.25) is 0 Å². The summed E-state index contributed by atoms with van der Waals surface area (Å²) in [5, 5.41) is 18.8. The number of urea groups is 2. The van der Waals surface area contributed by atoms with Gasteiger partial charge in [0, 0.05) is 34.9 Å². The summed E-state index contributed by atoms with van der Waals surface area (Å²) < 4.78 is 7.25. The van der Waals surface area contributed by atoms with Gasteiger partial charge in [0.25, 0.3) is 0 Å². The van der Waals surface area contributed by atoms with Crippen LogP contribution in [0, 0.1) is 0 Å². The molecule has 0 radical (unpaired) electrons. The second-order valence-electron chi connectivity index (χ2n) is 5.30. The minimum atomic E-state index is -0.361. The molecule has 3 heterocycles. The van der Waals surface area contributed by atoms with Gasteiger partial charge in [-0.25, -0.2) is 14.6 Å². The van der Waals surface area contributed by atoms with Crippen molar-refractivity contribution in [3.63, 3.8) is 0 Å². The molecule has 11 nitrogen and oxygen atoms in total. The van der Waals surface area contributed by atoms with E-state index in [-0.39, 0.29) is 12.1 Å². The lowest BCUT2D eigenvalue weighted by Crippen LogP contribution is -2.19. The topological polar surface area (TPSA) is 147 Å². The van der Waals surface area contributed by atoms with Gasteiger partial charge in [-0.3, -0.25) is 16.0 Å². The summed E-state index contributed by atoms with van der Waals surface area (Å²) in [6.07, 6.45) is 4.57. The van der Waals surface area contributed by atoms with Crippen LogP contribution in [0.15, 0.2) is 67.1 Å². The molecule has 4 amide bonds. The van der Waals surface area contributed by atoms with Gasteiger partial charge in [0.1, 0.15) is 15.8 Å². The smallest absolute Gasteiger partial charge is 0.308 e. The molecule has 0 saturated heterocycles. The molecule has 0 bridgehead atoms. The van der Waals surface area contributed by atoms with E-state index in [0.29, 0.717) is 15.8 Å². The van der Waals surface area contributed by atoms with Gasteiger partial charge in [0.2, 0.25) is 0 Å². The van der Waals surface area contributed by atoms with Crippen molar-refractivity contribution in [2.75, 3.05) is 21.3 Å². The predicted molar refractivity (Wildman–Crippen MR) is 116 cm³/mol. The molecule has 0 aliphatic carbocycles. The van der Waals surface area contributed by atoms with E-state index in [1.165, 1.54) is 12.4 Å². The highest BCUT2D eigenvalue weighted by atomic mass is 32.1. The van der Waals surface area contributed by atoms with E-state index in [9.17, 15) is 9.59 Å². The van der Waals surface area contributed by atoms with Crippen molar-refractivity contribution in [2.45, 2.75) is 0 Å². The summed E-state index contributed by atoms with van der Waals surface area (Å²) in [5.74, 6) is 0.493. The van der Waals surface area contributed by atoms with Crippen molar-refractivity contribution in [2.24, 2.45) is 0 Å². The predicted octanol–water partition coefficient (Wildman–Crippen LogP) is 3.76. The minimum Gasteiger partial charge on any atom is -0.308 e. The van der Waals surface area contributed by atoms with Crippen LogP contribution in [0.5, 0.6) is 0 Å². The Kier molecular flexibility index (Phi) is 7.70. The van der Waals surface area contributed by atoms with E-state index in [0.717, 1.165) is 28.8 Å². The van der Waals surface area contributed by atoms with E-state index in [4.69, 9.17) is 0 Å². The molecule has 0 atom stereocenters. The Morgan fingerprint density at radius 2 is 1.30 bits per heavy atom. The number of benzene rings is 1. The van der Waals surface area contributed by atoms with Crippen LogP contribution < -0.4 is 21.3 Å². The summed E-state index contributed by atoms with van der Waals surface area (Å²) in [4.78, 5) is 26.7. The lowest BCUT2D eigenvalue weighted by Gasteiger charge is -2.04. The molecule has 0 aliphatic rings. The van der Waals surface area contributed by atoms with E-state index in [2.05, 4.69) is 45.4 Å². The maximum absolute atomic E-state index is 11.4. The van der Waals surface area contributed by atoms with Crippen molar-refractivity contribution in [3.05, 3.63) is 67.1 Å². The molecule has 30 heavy (non-hydrogen) atoms. The molecule has 0 aliphatic heterocycles. The molecule has 152 valence electrons. The van der Waals surface area contributed by atoms with Gasteiger partial charge in [-0.1, -0.05) is 33.2 Å². The zero-order chi connectivity index (χ0) is 21.0. The molecule has 3 aromatic heterocycles. The highest BCUT2D eigenvalue weighted by Crippen LogP contribution is 2.11. The van der Waals surface area contributed by atoms with Gasteiger partial charge in [0.15, 0.2) is 0 Å². The van der Waals surface area contributed by atoms with Crippen LogP contribution in [0.25, 0.3) is 0 Å². The third-order valence-corrected chi connectivity index (χ3v) is 4.29. The third kappa shape index (κ3) is 7.21. The number of nitrogens with zero attached hydrogens (tertiary/aromatic N) is 5. The van der Waals surface area contributed by atoms with Gasteiger partial charge in [0.05, 0.1) is 12.4 Å². The second kappa shape index (κ2) is 11.1. The zero-order valence-corrected chi connectivity index (χ0v) is 16.9. The number of carbonyl (C=O) groups excluding carboxylic acids is 2. The molecule has 0 saturated carbocycles. The largest absolute Gasteiger partial charge is 0.325 e. The SMILES string of the molecule is O=C(Nc1ccccc1)Nc1cnns1.O=C(Nc1ccccn1)Nc1cnns1. The molecule has 4 N–H and O–H groups in total. The quantitative estimate of drug-likeness (QED) is 0.377. The molecule has 4 rings (SSSR count). The van der Waals surface area contributed by atoms with E-state index < -0.39 is 0 Å². The average Bonchev–Trinajstić information content (AvgIpc) is 3.44. The van der Waals surface area contributed by atoms with Gasteiger partial charge >= 0.3 is 12.1 Å². The first-order valence-corrected chi connectivity index (χ1v) is 9.90. The number of hydrogen-bond donors (Lipinski definition) is 4. The Labute approximate surface area is 178 Å². The Bertz CT molecular complexity index is 944. The average molecular weight is 442 g/mol. The standard InChI is InChI=1S/C9H8N4OS.C8H7N5OS/c14-9(12-8-6-10-13-15-8)11-7-4-2-1-3-5-7;14-8(12-7-5-10-13-15-7)11-6-3-1-2-4-9-6/h1-6H,(H2,11,12,14);1-5H,(H2,9,11,12,14). The Morgan fingerprint density at radius 3 is 1.83 bits per heavy atom. The van der Waals surface area contributed by atoms with Crippen LogP contribution in [-0.4, -0.2) is 36.2 Å². The van der Waals surface area contributed by atoms with Gasteiger partial charge in [-0.15, -0.1) is 10.2 Å². The van der Waals surface area contributed by atoms with Crippen LogP contribution in [-0.2, 0) is 0 Å². The first-order valence-electron chi connectivity index (χ1n) is 8.36. The van der Waals surface area contributed by atoms with Gasteiger partial charge in [-0.05, 0) is 24.3 Å². The van der Waals surface area contributed by atoms with E-state index in [1.807, 2.05) is 30.3 Å². The number of rotatable bonds is 4. The Hall–Kier alpha value is -3.97. The molecule has 13 heteroatoms. The molecule has 0 spiro atoms. The normalized spacial score (nSPS) is 9.60. The van der Waals surface area contributed by atoms with Crippen molar-refractivity contribution < 1.29 is 9.59 Å². The molecule has 0 fully saturated rings. The van der Waals surface area contributed by atoms with Crippen LogP contribution in [0.4, 0.5) is 31.1 Å². The van der Waals surface area contributed by atoms with Crippen molar-refractivity contribution in [1.29, 1.82) is 0 Å². The Balaban J connectivity index is 0.000000171. The maximum Gasteiger partial charge on any atom is 0.325 e. The van der Waals surface area contributed by atoms with Gasteiger partial charge < -0.3 is 5.32 Å². The number of nitrogens with one attached hydrogen (secondary N) is 4. The molecular weight excluding hydrogens is 426 g/mol. The fraction of sp³-hybridized carbons (Fsp3) is 0. The number of aromatic nitrogens is 5. The van der Waals surface area contributed by atoms with Crippen molar-refractivity contribution >= 4 is 56.6 Å². The summed E-state index contributed by atoms with van der Waals surface area (Å²) in [6, 6.07) is 13.8. The summed E-state index contributed by atoms with van der Waals surface area (Å²) in [6.45, 7) is 0. The first kappa shape index (κ1) is 20.8. The Morgan fingerprint density at radius 1 is 0.700 bits per heavy atom. The van der Waals surface area contributed by atoms with Crippen LogP contribution in [0.3, 0.4) is 0 Å². The van der Waals surface area contributed by atoms with Crippen LogP contribution in [0.1, 0.15) is 0 Å². The maximum atomic E-state index is 11.4. The molecule has 4 aromatic rings. The highest BCUT2D eigenvalue weighted by molar-refractivity contribution is 7.10. The highest BCUT2D eigenvalue weighted by Gasteiger charge is 2.04. The van der Waals surface area contributed by atoms with Crippen molar-refractivity contribution in [1.82, 2.24) is 24.2 Å². The molecule has 0 unspecified atom stereocenters. The van der Waals surface area contributed by atoms with Crippen molar-refractivity contribution in [3.8, 4) is 0 Å². The second-order valence-corrected chi connectivity index (χ2v) is 6.87. The molecule has 1 aromatic carbocycles. The monoisotopic (exact) mass is 441 g/mol. The fourth-order valence-electron chi connectivity index (χ4n) is 1.94. The summed E-state index contributed by atoms with van der Waals surface area (Å²) in [5.41, 5.74) is 0.743. The number of pyridine rings is 1. The van der Waals surface area contributed by atoms with E-state index >= 15 is 0 Å².